The number of rotatable bonds is 7. The van der Waals surface area contributed by atoms with E-state index >= 15 is 0 Å². The summed E-state index contributed by atoms with van der Waals surface area (Å²) < 4.78 is 0. The lowest BCUT2D eigenvalue weighted by Crippen LogP contribution is -2.28. The highest BCUT2D eigenvalue weighted by Gasteiger charge is 2.43. The zero-order valence-electron chi connectivity index (χ0n) is 32.6. The number of anilines is 6. The van der Waals surface area contributed by atoms with E-state index in [1.807, 2.05) is 0 Å². The zero-order chi connectivity index (χ0) is 38.5. The summed E-state index contributed by atoms with van der Waals surface area (Å²) in [5.74, 6) is 0. The van der Waals surface area contributed by atoms with Crippen LogP contribution < -0.4 is 9.80 Å². The summed E-state index contributed by atoms with van der Waals surface area (Å²) in [7, 11) is 0. The molecule has 0 bridgehead atoms. The van der Waals surface area contributed by atoms with Gasteiger partial charge in [-0.2, -0.15) is 0 Å². The molecule has 0 amide bonds. The van der Waals surface area contributed by atoms with E-state index < -0.39 is 0 Å². The molecular weight excluding hydrogens is 701 g/mol. The summed E-state index contributed by atoms with van der Waals surface area (Å²) in [5.41, 5.74) is 15.3. The zero-order valence-corrected chi connectivity index (χ0v) is 32.6. The van der Waals surface area contributed by atoms with Crippen molar-refractivity contribution in [1.29, 1.82) is 0 Å². The largest absolute Gasteiger partial charge is 0.310 e. The Labute approximate surface area is 341 Å². The van der Waals surface area contributed by atoms with Crippen LogP contribution in [0.2, 0.25) is 0 Å². The molecule has 58 heavy (non-hydrogen) atoms. The van der Waals surface area contributed by atoms with Gasteiger partial charge in [0.15, 0.2) is 0 Å². The van der Waals surface area contributed by atoms with Crippen LogP contribution in [0.5, 0.6) is 0 Å². The standard InChI is InChI=1S/C56H44N2/c1-3-19-44(20-4-1)57(54-25-13-17-42-15-5-7-21-48(42)54)45-31-27-40(28-32-45)41-29-33-46(34-30-41)58(55-26-14-18-43-16-6-8-22-49(43)55)47-35-36-53-51(39-47)50-23-9-10-24-52(50)56(53)37-11-2-12-38-56/h1,3-10,13-36,39H,2,11-12,37-38H2. The summed E-state index contributed by atoms with van der Waals surface area (Å²) >= 11 is 0. The van der Waals surface area contributed by atoms with Gasteiger partial charge in [0.25, 0.3) is 0 Å². The van der Waals surface area contributed by atoms with Crippen LogP contribution in [0.15, 0.2) is 206 Å². The Bertz CT molecular complexity index is 2910. The molecule has 1 saturated carbocycles. The summed E-state index contributed by atoms with van der Waals surface area (Å²) in [6.45, 7) is 0. The molecule has 0 saturated heterocycles. The molecule has 2 aliphatic carbocycles. The van der Waals surface area contributed by atoms with E-state index in [-0.39, 0.29) is 5.41 Å². The topological polar surface area (TPSA) is 6.48 Å². The van der Waals surface area contributed by atoms with Crippen LogP contribution in [0.25, 0.3) is 43.8 Å². The molecule has 1 spiro atoms. The smallest absolute Gasteiger partial charge is 0.0540 e. The first-order chi connectivity index (χ1) is 28.7. The Kier molecular flexibility index (Phi) is 8.43. The summed E-state index contributed by atoms with van der Waals surface area (Å²) in [4.78, 5) is 4.83. The minimum atomic E-state index is 0.136. The molecule has 2 aliphatic rings. The second-order valence-corrected chi connectivity index (χ2v) is 16.0. The minimum Gasteiger partial charge on any atom is -0.310 e. The SMILES string of the molecule is c1ccc(N(c2ccc(-c3ccc(N(c4ccc5c(c4)-c4ccccc4C54CCCCC4)c4cccc5ccccc45)cc3)cc2)c2cccc3ccccc23)cc1. The van der Waals surface area contributed by atoms with Gasteiger partial charge in [0, 0.05) is 38.9 Å². The fourth-order valence-corrected chi connectivity index (χ4v) is 10.1. The monoisotopic (exact) mass is 744 g/mol. The molecule has 1 fully saturated rings. The van der Waals surface area contributed by atoms with Crippen LogP contribution in [0.4, 0.5) is 34.1 Å². The van der Waals surface area contributed by atoms with Crippen molar-refractivity contribution < 1.29 is 0 Å². The molecule has 0 heterocycles. The molecule has 2 heteroatoms. The molecule has 0 radical (unpaired) electrons. The lowest BCUT2D eigenvalue weighted by Gasteiger charge is -2.36. The molecule has 9 aromatic carbocycles. The Balaban J connectivity index is 0.986. The first-order valence-electron chi connectivity index (χ1n) is 20.8. The van der Waals surface area contributed by atoms with Crippen LogP contribution in [0.3, 0.4) is 0 Å². The van der Waals surface area contributed by atoms with Gasteiger partial charge in [-0.05, 0) is 118 Å². The van der Waals surface area contributed by atoms with E-state index in [0.717, 1.165) is 17.1 Å². The summed E-state index contributed by atoms with van der Waals surface area (Å²) in [5, 5.41) is 4.93. The average molecular weight is 745 g/mol. The molecule has 278 valence electrons. The second-order valence-electron chi connectivity index (χ2n) is 16.0. The van der Waals surface area contributed by atoms with E-state index in [0.29, 0.717) is 0 Å². The van der Waals surface area contributed by atoms with Crippen molar-refractivity contribution >= 4 is 55.7 Å². The van der Waals surface area contributed by atoms with Gasteiger partial charge in [0.1, 0.15) is 0 Å². The lowest BCUT2D eigenvalue weighted by molar-refractivity contribution is 0.353. The Morgan fingerprint density at radius 1 is 0.328 bits per heavy atom. The molecule has 0 N–H and O–H groups in total. The van der Waals surface area contributed by atoms with Crippen molar-refractivity contribution in [3.05, 3.63) is 217 Å². The Morgan fingerprint density at radius 2 is 0.793 bits per heavy atom. The van der Waals surface area contributed by atoms with Gasteiger partial charge in [-0.1, -0.05) is 165 Å². The highest BCUT2D eigenvalue weighted by atomic mass is 15.1. The quantitative estimate of drug-likeness (QED) is 0.160. The fourth-order valence-electron chi connectivity index (χ4n) is 10.1. The van der Waals surface area contributed by atoms with Crippen LogP contribution in [0, 0.1) is 0 Å². The van der Waals surface area contributed by atoms with E-state index in [1.165, 1.54) is 104 Å². The van der Waals surface area contributed by atoms with E-state index in [2.05, 4.69) is 216 Å². The van der Waals surface area contributed by atoms with Gasteiger partial charge < -0.3 is 9.80 Å². The Hall–Kier alpha value is -6.90. The molecule has 0 aliphatic heterocycles. The van der Waals surface area contributed by atoms with Crippen LogP contribution in [0.1, 0.15) is 43.2 Å². The molecular formula is C56H44N2. The first kappa shape index (κ1) is 34.4. The average Bonchev–Trinajstić information content (AvgIpc) is 3.55. The summed E-state index contributed by atoms with van der Waals surface area (Å²) in [6.07, 6.45) is 6.40. The van der Waals surface area contributed by atoms with Gasteiger partial charge in [0.2, 0.25) is 0 Å². The maximum atomic E-state index is 2.47. The highest BCUT2D eigenvalue weighted by molar-refractivity contribution is 6.01. The van der Waals surface area contributed by atoms with E-state index in [4.69, 9.17) is 0 Å². The fraction of sp³-hybridized carbons (Fsp3) is 0.107. The summed E-state index contributed by atoms with van der Waals surface area (Å²) in [6, 6.07) is 76.0. The van der Waals surface area contributed by atoms with Crippen LogP contribution >= 0.6 is 0 Å². The minimum absolute atomic E-state index is 0.136. The first-order valence-corrected chi connectivity index (χ1v) is 20.8. The van der Waals surface area contributed by atoms with Gasteiger partial charge in [-0.25, -0.2) is 0 Å². The van der Waals surface area contributed by atoms with E-state index in [1.54, 1.807) is 0 Å². The maximum absolute atomic E-state index is 2.47. The number of hydrogen-bond donors (Lipinski definition) is 0. The third-order valence-electron chi connectivity index (χ3n) is 12.8. The maximum Gasteiger partial charge on any atom is 0.0540 e. The number of para-hydroxylation sites is 1. The lowest BCUT2D eigenvalue weighted by atomic mass is 9.68. The number of hydrogen-bond acceptors (Lipinski definition) is 2. The van der Waals surface area contributed by atoms with Gasteiger partial charge in [-0.15, -0.1) is 0 Å². The highest BCUT2D eigenvalue weighted by Crippen LogP contribution is 2.57. The molecule has 0 atom stereocenters. The Morgan fingerprint density at radius 3 is 1.41 bits per heavy atom. The van der Waals surface area contributed by atoms with Gasteiger partial charge in [-0.3, -0.25) is 0 Å². The molecule has 0 aromatic heterocycles. The van der Waals surface area contributed by atoms with Gasteiger partial charge >= 0.3 is 0 Å². The van der Waals surface area contributed by atoms with Crippen molar-refractivity contribution in [2.75, 3.05) is 9.80 Å². The van der Waals surface area contributed by atoms with E-state index in [9.17, 15) is 0 Å². The normalized spacial score (nSPS) is 14.0. The van der Waals surface area contributed by atoms with Crippen molar-refractivity contribution in [1.82, 2.24) is 0 Å². The number of benzene rings is 9. The molecule has 2 nitrogen and oxygen atoms in total. The predicted molar refractivity (Wildman–Crippen MR) is 246 cm³/mol. The third kappa shape index (κ3) is 5.71. The third-order valence-corrected chi connectivity index (χ3v) is 12.8. The number of nitrogens with zero attached hydrogens (tertiary/aromatic N) is 2. The number of fused-ring (bicyclic) bond motifs is 7. The van der Waals surface area contributed by atoms with Crippen LogP contribution in [-0.2, 0) is 5.41 Å². The van der Waals surface area contributed by atoms with Crippen molar-refractivity contribution in [3.63, 3.8) is 0 Å². The van der Waals surface area contributed by atoms with Crippen molar-refractivity contribution in [2.45, 2.75) is 37.5 Å². The van der Waals surface area contributed by atoms with Crippen LogP contribution in [-0.4, -0.2) is 0 Å². The van der Waals surface area contributed by atoms with Crippen molar-refractivity contribution in [3.8, 4) is 22.3 Å². The molecule has 9 aromatic rings. The van der Waals surface area contributed by atoms with Crippen molar-refractivity contribution in [2.24, 2.45) is 0 Å². The van der Waals surface area contributed by atoms with Gasteiger partial charge in [0.05, 0.1) is 11.4 Å². The molecule has 11 rings (SSSR count). The predicted octanol–water partition coefficient (Wildman–Crippen LogP) is 15.8. The molecule has 0 unspecified atom stereocenters. The second kappa shape index (κ2) is 14.2.